The molecule has 4 nitrogen and oxygen atoms in total. The Hall–Kier alpha value is -1.84. The van der Waals surface area contributed by atoms with Crippen LogP contribution in [0, 0.1) is 10.8 Å². The molecule has 1 aromatic rings. The fourth-order valence-corrected chi connectivity index (χ4v) is 0.869. The summed E-state index contributed by atoms with van der Waals surface area (Å²) in [5.74, 6) is 0.684. The molecule has 0 unspecified atom stereocenters. The molecule has 0 bridgehead atoms. The number of ether oxygens (including phenoxy) is 2. The minimum absolute atomic E-state index is 0.0438. The highest BCUT2D eigenvalue weighted by Crippen LogP contribution is 2.11. The van der Waals surface area contributed by atoms with Gasteiger partial charge >= 0.3 is 0 Å². The van der Waals surface area contributed by atoms with Gasteiger partial charge in [-0.1, -0.05) is 0 Å². The van der Waals surface area contributed by atoms with E-state index in [2.05, 4.69) is 4.74 Å². The zero-order valence-corrected chi connectivity index (χ0v) is 7.20. The first-order valence-corrected chi connectivity index (χ1v) is 3.66. The Labute approximate surface area is 76.1 Å². The van der Waals surface area contributed by atoms with Crippen molar-refractivity contribution in [3.8, 4) is 5.75 Å². The van der Waals surface area contributed by atoms with Crippen LogP contribution in [0.2, 0.25) is 0 Å². The zero-order valence-electron chi connectivity index (χ0n) is 7.20. The standard InChI is InChI=1S/C9H10N2O2/c1-12-8-4-2-7(3-5-8)9(11)13-6-10/h2-6,10-11H,1H3. The van der Waals surface area contributed by atoms with Gasteiger partial charge in [-0.3, -0.25) is 10.8 Å². The lowest BCUT2D eigenvalue weighted by atomic mass is 10.2. The van der Waals surface area contributed by atoms with Crippen molar-refractivity contribution < 1.29 is 9.47 Å². The van der Waals surface area contributed by atoms with E-state index in [4.69, 9.17) is 15.6 Å². The van der Waals surface area contributed by atoms with Gasteiger partial charge in [0.15, 0.2) is 6.40 Å². The average Bonchev–Trinajstić information content (AvgIpc) is 2.18. The van der Waals surface area contributed by atoms with E-state index >= 15 is 0 Å². The highest BCUT2D eigenvalue weighted by Gasteiger charge is 2.00. The summed E-state index contributed by atoms with van der Waals surface area (Å²) < 4.78 is 9.54. The Kier molecular flexibility index (Phi) is 3.03. The highest BCUT2D eigenvalue weighted by atomic mass is 16.5. The lowest BCUT2D eigenvalue weighted by Gasteiger charge is -2.02. The third kappa shape index (κ3) is 2.30. The molecule has 0 saturated heterocycles. The van der Waals surface area contributed by atoms with E-state index < -0.39 is 0 Å². The van der Waals surface area contributed by atoms with Crippen molar-refractivity contribution in [2.75, 3.05) is 7.11 Å². The van der Waals surface area contributed by atoms with E-state index in [-0.39, 0.29) is 5.90 Å². The molecule has 13 heavy (non-hydrogen) atoms. The fraction of sp³-hybridized carbons (Fsp3) is 0.111. The van der Waals surface area contributed by atoms with Gasteiger partial charge in [0.05, 0.1) is 7.11 Å². The van der Waals surface area contributed by atoms with Crippen LogP contribution in [0.4, 0.5) is 0 Å². The summed E-state index contributed by atoms with van der Waals surface area (Å²) in [6.07, 6.45) is 0.729. The van der Waals surface area contributed by atoms with Gasteiger partial charge in [0.1, 0.15) is 5.75 Å². The van der Waals surface area contributed by atoms with Crippen LogP contribution in [0.25, 0.3) is 0 Å². The van der Waals surface area contributed by atoms with Crippen LogP contribution < -0.4 is 4.74 Å². The van der Waals surface area contributed by atoms with Crippen molar-refractivity contribution in [1.29, 1.82) is 10.8 Å². The molecule has 2 N–H and O–H groups in total. The largest absolute Gasteiger partial charge is 0.497 e. The van der Waals surface area contributed by atoms with Crippen LogP contribution >= 0.6 is 0 Å². The fourth-order valence-electron chi connectivity index (χ4n) is 0.869. The van der Waals surface area contributed by atoms with Gasteiger partial charge in [0.2, 0.25) is 5.90 Å². The molecule has 0 atom stereocenters. The lowest BCUT2D eigenvalue weighted by molar-refractivity contribution is 0.414. The van der Waals surface area contributed by atoms with Crippen LogP contribution in [0.3, 0.4) is 0 Å². The van der Waals surface area contributed by atoms with Crippen LogP contribution in [0.15, 0.2) is 24.3 Å². The van der Waals surface area contributed by atoms with Crippen molar-refractivity contribution in [2.24, 2.45) is 0 Å². The van der Waals surface area contributed by atoms with E-state index in [0.29, 0.717) is 5.56 Å². The molecule has 0 aliphatic heterocycles. The number of nitrogens with one attached hydrogen (secondary N) is 2. The molecule has 0 aromatic heterocycles. The molecule has 0 radical (unpaired) electrons. The second-order valence-electron chi connectivity index (χ2n) is 2.29. The predicted molar refractivity (Wildman–Crippen MR) is 49.7 cm³/mol. The predicted octanol–water partition coefficient (Wildman–Crippen LogP) is 1.64. The van der Waals surface area contributed by atoms with Crippen LogP contribution in [-0.4, -0.2) is 19.4 Å². The summed E-state index contributed by atoms with van der Waals surface area (Å²) in [6, 6.07) is 6.86. The van der Waals surface area contributed by atoms with Crippen molar-refractivity contribution in [3.05, 3.63) is 29.8 Å². The minimum Gasteiger partial charge on any atom is -0.497 e. The summed E-state index contributed by atoms with van der Waals surface area (Å²) in [4.78, 5) is 0. The third-order valence-corrected chi connectivity index (χ3v) is 1.53. The van der Waals surface area contributed by atoms with Gasteiger partial charge in [0, 0.05) is 5.56 Å². The maximum Gasteiger partial charge on any atom is 0.220 e. The quantitative estimate of drug-likeness (QED) is 0.545. The summed E-state index contributed by atoms with van der Waals surface area (Å²) in [5, 5.41) is 14.0. The number of rotatable bonds is 3. The van der Waals surface area contributed by atoms with Gasteiger partial charge in [0.25, 0.3) is 0 Å². The lowest BCUT2D eigenvalue weighted by Crippen LogP contribution is -2.02. The van der Waals surface area contributed by atoms with E-state index in [1.807, 2.05) is 0 Å². The van der Waals surface area contributed by atoms with Crippen LogP contribution in [0.1, 0.15) is 5.56 Å². The molecule has 0 heterocycles. The number of hydrogen-bond acceptors (Lipinski definition) is 4. The molecule has 0 amide bonds. The first kappa shape index (κ1) is 9.25. The van der Waals surface area contributed by atoms with Crippen molar-refractivity contribution in [3.63, 3.8) is 0 Å². The normalized spacial score (nSPS) is 9.00. The molecule has 68 valence electrons. The Morgan fingerprint density at radius 1 is 1.31 bits per heavy atom. The van der Waals surface area contributed by atoms with Crippen molar-refractivity contribution in [1.82, 2.24) is 0 Å². The Morgan fingerprint density at radius 2 is 1.92 bits per heavy atom. The average molecular weight is 178 g/mol. The van der Waals surface area contributed by atoms with E-state index in [1.165, 1.54) is 0 Å². The number of benzene rings is 1. The van der Waals surface area contributed by atoms with Gasteiger partial charge < -0.3 is 9.47 Å². The molecule has 0 saturated carbocycles. The Balaban J connectivity index is 2.79. The molecular weight excluding hydrogens is 168 g/mol. The summed E-state index contributed by atoms with van der Waals surface area (Å²) in [6.45, 7) is 0. The third-order valence-electron chi connectivity index (χ3n) is 1.53. The topological polar surface area (TPSA) is 66.2 Å². The maximum atomic E-state index is 7.34. The Morgan fingerprint density at radius 3 is 2.38 bits per heavy atom. The molecule has 0 fully saturated rings. The van der Waals surface area contributed by atoms with Crippen molar-refractivity contribution >= 4 is 12.3 Å². The number of methoxy groups -OCH3 is 1. The van der Waals surface area contributed by atoms with Gasteiger partial charge in [-0.15, -0.1) is 0 Å². The first-order chi connectivity index (χ1) is 6.27. The smallest absolute Gasteiger partial charge is 0.220 e. The first-order valence-electron chi connectivity index (χ1n) is 3.66. The van der Waals surface area contributed by atoms with Crippen molar-refractivity contribution in [2.45, 2.75) is 0 Å². The molecule has 0 spiro atoms. The minimum atomic E-state index is -0.0438. The molecule has 0 aliphatic carbocycles. The van der Waals surface area contributed by atoms with Gasteiger partial charge in [-0.25, -0.2) is 0 Å². The molecule has 4 heteroatoms. The molecule has 1 rings (SSSR count). The van der Waals surface area contributed by atoms with Crippen LogP contribution in [-0.2, 0) is 4.74 Å². The number of hydrogen-bond donors (Lipinski definition) is 2. The van der Waals surface area contributed by atoms with Crippen LogP contribution in [0.5, 0.6) is 5.75 Å². The summed E-state index contributed by atoms with van der Waals surface area (Å²) in [5.41, 5.74) is 0.615. The molecule has 1 aromatic carbocycles. The molecular formula is C9H10N2O2. The summed E-state index contributed by atoms with van der Waals surface area (Å²) >= 11 is 0. The highest BCUT2D eigenvalue weighted by molar-refractivity contribution is 5.95. The van der Waals surface area contributed by atoms with E-state index in [9.17, 15) is 0 Å². The molecule has 0 aliphatic rings. The van der Waals surface area contributed by atoms with Gasteiger partial charge in [-0.05, 0) is 24.3 Å². The second kappa shape index (κ2) is 4.25. The Bertz CT molecular complexity index is 306. The monoisotopic (exact) mass is 178 g/mol. The van der Waals surface area contributed by atoms with E-state index in [1.54, 1.807) is 31.4 Å². The SMILES string of the molecule is COc1ccc(C(=N)OC=N)cc1. The van der Waals surface area contributed by atoms with E-state index in [0.717, 1.165) is 12.2 Å². The summed E-state index contributed by atoms with van der Waals surface area (Å²) in [7, 11) is 1.58. The second-order valence-corrected chi connectivity index (χ2v) is 2.29. The van der Waals surface area contributed by atoms with Gasteiger partial charge in [-0.2, -0.15) is 0 Å². The zero-order chi connectivity index (χ0) is 9.68. The maximum absolute atomic E-state index is 7.34.